The number of hydrogen-bond acceptors (Lipinski definition) is 8. The summed E-state index contributed by atoms with van der Waals surface area (Å²) in [5.74, 6) is -1.68. The largest absolute Gasteiger partial charge is 0.459 e. The van der Waals surface area contributed by atoms with Crippen LogP contribution in [0.3, 0.4) is 0 Å². The van der Waals surface area contributed by atoms with Crippen molar-refractivity contribution in [2.24, 2.45) is 0 Å². The first-order chi connectivity index (χ1) is 17.3. The van der Waals surface area contributed by atoms with Crippen LogP contribution in [-0.2, 0) is 18.9 Å². The lowest BCUT2D eigenvalue weighted by Crippen LogP contribution is -2.35. The number of nitrogens with zero attached hydrogens (tertiary/aromatic N) is 2. The van der Waals surface area contributed by atoms with Crippen molar-refractivity contribution >= 4 is 17.7 Å². The van der Waals surface area contributed by atoms with Crippen molar-refractivity contribution in [3.05, 3.63) is 94.5 Å². The molecule has 0 aliphatic carbocycles. The molecule has 0 saturated carbocycles. The fraction of sp³-hybridized carbons (Fsp3) is 0.308. The van der Waals surface area contributed by atoms with Crippen molar-refractivity contribution in [1.82, 2.24) is 9.55 Å². The molecule has 1 aromatic heterocycles. The Bertz CT molecular complexity index is 1310. The number of nitrogens with one attached hydrogen (secondary N) is 1. The number of hydrogen-bond donors (Lipinski definition) is 1. The maximum Gasteiger partial charge on any atom is 0.351 e. The van der Waals surface area contributed by atoms with Crippen molar-refractivity contribution < 1.29 is 28.5 Å². The first kappa shape index (κ1) is 23.9. The van der Waals surface area contributed by atoms with E-state index in [1.807, 2.05) is 6.07 Å². The summed E-state index contributed by atoms with van der Waals surface area (Å²) in [4.78, 5) is 41.7. The van der Waals surface area contributed by atoms with Gasteiger partial charge in [-0.05, 0) is 44.2 Å². The van der Waals surface area contributed by atoms with E-state index >= 15 is 0 Å². The van der Waals surface area contributed by atoms with Crippen LogP contribution in [0.5, 0.6) is 0 Å². The molecule has 2 aromatic carbocycles. The highest BCUT2D eigenvalue weighted by atomic mass is 16.8. The molecule has 2 fully saturated rings. The van der Waals surface area contributed by atoms with Gasteiger partial charge in [-0.1, -0.05) is 36.4 Å². The van der Waals surface area contributed by atoms with Gasteiger partial charge < -0.3 is 24.3 Å². The zero-order valence-electron chi connectivity index (χ0n) is 19.7. The van der Waals surface area contributed by atoms with E-state index in [-0.39, 0.29) is 18.3 Å². The Labute approximate surface area is 206 Å². The predicted octanol–water partition coefficient (Wildman–Crippen LogP) is 2.77. The molecule has 1 amide bonds. The Morgan fingerprint density at radius 1 is 0.972 bits per heavy atom. The molecular weight excluding hydrogens is 466 g/mol. The molecule has 186 valence electrons. The van der Waals surface area contributed by atoms with Gasteiger partial charge in [0.15, 0.2) is 12.0 Å². The van der Waals surface area contributed by atoms with E-state index in [1.165, 1.54) is 16.8 Å². The van der Waals surface area contributed by atoms with Gasteiger partial charge in [0, 0.05) is 11.8 Å². The van der Waals surface area contributed by atoms with Gasteiger partial charge in [-0.25, -0.2) is 9.59 Å². The van der Waals surface area contributed by atoms with E-state index in [4.69, 9.17) is 18.9 Å². The molecule has 2 saturated heterocycles. The molecule has 10 heteroatoms. The smallest absolute Gasteiger partial charge is 0.351 e. The second-order valence-corrected chi connectivity index (χ2v) is 8.92. The topological polar surface area (TPSA) is 118 Å². The molecule has 36 heavy (non-hydrogen) atoms. The minimum absolute atomic E-state index is 0.0851. The number of amides is 1. The molecule has 0 radical (unpaired) electrons. The van der Waals surface area contributed by atoms with Crippen LogP contribution in [0, 0.1) is 0 Å². The van der Waals surface area contributed by atoms with Gasteiger partial charge in [0.2, 0.25) is 0 Å². The SMILES string of the molecule is CC1(C)O[C@@H]2[C@H](O1)[C@@H](COC(=O)c1ccccc1)O[C@H]2n1ccc(NC(=O)c2ccccc2)nc1=O. The monoisotopic (exact) mass is 491 g/mol. The number of carbonyl (C=O) groups excluding carboxylic acids is 2. The van der Waals surface area contributed by atoms with Crippen molar-refractivity contribution in [3.8, 4) is 0 Å². The summed E-state index contributed by atoms with van der Waals surface area (Å²) in [6.07, 6.45) is -1.26. The lowest BCUT2D eigenvalue weighted by atomic mass is 10.1. The molecule has 5 rings (SSSR count). The van der Waals surface area contributed by atoms with E-state index < -0.39 is 42.0 Å². The Morgan fingerprint density at radius 3 is 2.28 bits per heavy atom. The highest BCUT2D eigenvalue weighted by Gasteiger charge is 2.56. The number of aromatic nitrogens is 2. The average molecular weight is 492 g/mol. The highest BCUT2D eigenvalue weighted by Crippen LogP contribution is 2.42. The van der Waals surface area contributed by atoms with Crippen LogP contribution in [0.1, 0.15) is 40.8 Å². The first-order valence-corrected chi connectivity index (χ1v) is 11.5. The van der Waals surface area contributed by atoms with Gasteiger partial charge >= 0.3 is 11.7 Å². The second-order valence-electron chi connectivity index (χ2n) is 8.92. The number of ether oxygens (including phenoxy) is 4. The van der Waals surface area contributed by atoms with Crippen LogP contribution in [0.2, 0.25) is 0 Å². The Balaban J connectivity index is 1.32. The summed E-state index contributed by atoms with van der Waals surface area (Å²) >= 11 is 0. The molecule has 0 unspecified atom stereocenters. The molecule has 1 N–H and O–H groups in total. The lowest BCUT2D eigenvalue weighted by Gasteiger charge is -2.24. The van der Waals surface area contributed by atoms with Crippen molar-refractivity contribution in [2.75, 3.05) is 11.9 Å². The first-order valence-electron chi connectivity index (χ1n) is 11.5. The zero-order chi connectivity index (χ0) is 25.3. The molecule has 2 aliphatic rings. The molecule has 3 aromatic rings. The van der Waals surface area contributed by atoms with E-state index in [0.717, 1.165) is 0 Å². The number of benzene rings is 2. The molecule has 4 atom stereocenters. The molecular formula is C26H25N3O7. The lowest BCUT2D eigenvalue weighted by molar-refractivity contribution is -0.200. The highest BCUT2D eigenvalue weighted by molar-refractivity contribution is 6.03. The fourth-order valence-corrected chi connectivity index (χ4v) is 4.29. The van der Waals surface area contributed by atoms with Crippen molar-refractivity contribution in [1.29, 1.82) is 0 Å². The Kier molecular flexibility index (Phi) is 6.40. The summed E-state index contributed by atoms with van der Waals surface area (Å²) in [6.45, 7) is 3.44. The second kappa shape index (κ2) is 9.65. The quantitative estimate of drug-likeness (QED) is 0.523. The number of esters is 1. The minimum atomic E-state index is -0.917. The number of anilines is 1. The Hall–Kier alpha value is -3.86. The summed E-state index contributed by atoms with van der Waals surface area (Å²) in [6, 6.07) is 18.7. The Morgan fingerprint density at radius 2 is 1.61 bits per heavy atom. The third-order valence-electron chi connectivity index (χ3n) is 5.90. The summed E-state index contributed by atoms with van der Waals surface area (Å²) < 4.78 is 24.8. The summed E-state index contributed by atoms with van der Waals surface area (Å²) in [5, 5.41) is 2.62. The standard InChI is InChI=1S/C26H25N3O7/c1-26(2)35-20-18(15-33-24(31)17-11-7-4-8-12-17)34-23(21(20)36-26)29-14-13-19(28-25(29)32)27-22(30)16-9-5-3-6-10-16/h3-14,18,20-21,23H,15H2,1-2H3,(H,27,28,30,32)/t18-,20-,21-,23-/m1/s1. The summed E-state index contributed by atoms with van der Waals surface area (Å²) in [5.41, 5.74) is 0.220. The van der Waals surface area contributed by atoms with Gasteiger partial charge in [-0.2, -0.15) is 4.98 Å². The van der Waals surface area contributed by atoms with E-state index in [9.17, 15) is 14.4 Å². The number of carbonyl (C=O) groups is 2. The van der Waals surface area contributed by atoms with Gasteiger partial charge in [0.05, 0.1) is 5.56 Å². The molecule has 0 spiro atoms. The third kappa shape index (κ3) is 4.92. The van der Waals surface area contributed by atoms with Gasteiger partial charge in [-0.15, -0.1) is 0 Å². The van der Waals surface area contributed by atoms with Crippen LogP contribution >= 0.6 is 0 Å². The van der Waals surface area contributed by atoms with Crippen LogP contribution in [0.15, 0.2) is 77.7 Å². The van der Waals surface area contributed by atoms with Crippen LogP contribution < -0.4 is 11.0 Å². The maximum absolute atomic E-state index is 12.9. The van der Waals surface area contributed by atoms with Gasteiger partial charge in [0.25, 0.3) is 5.91 Å². The van der Waals surface area contributed by atoms with Crippen LogP contribution in [-0.4, -0.2) is 52.1 Å². The minimum Gasteiger partial charge on any atom is -0.459 e. The van der Waals surface area contributed by atoms with Crippen LogP contribution in [0.25, 0.3) is 0 Å². The normalized spacial score (nSPS) is 24.2. The number of fused-ring (bicyclic) bond motifs is 1. The van der Waals surface area contributed by atoms with Gasteiger partial charge in [-0.3, -0.25) is 9.36 Å². The van der Waals surface area contributed by atoms with Crippen LogP contribution in [0.4, 0.5) is 5.82 Å². The molecule has 0 bridgehead atoms. The maximum atomic E-state index is 12.9. The predicted molar refractivity (Wildman–Crippen MR) is 127 cm³/mol. The number of rotatable bonds is 6. The van der Waals surface area contributed by atoms with E-state index in [0.29, 0.717) is 11.1 Å². The molecule has 2 aliphatic heterocycles. The van der Waals surface area contributed by atoms with Gasteiger partial charge in [0.1, 0.15) is 30.7 Å². The van der Waals surface area contributed by atoms with Crippen molar-refractivity contribution in [2.45, 2.75) is 44.2 Å². The zero-order valence-corrected chi connectivity index (χ0v) is 19.7. The molecule has 10 nitrogen and oxygen atoms in total. The molecule has 3 heterocycles. The third-order valence-corrected chi connectivity index (χ3v) is 5.90. The summed E-state index contributed by atoms with van der Waals surface area (Å²) in [7, 11) is 0. The fourth-order valence-electron chi connectivity index (χ4n) is 4.29. The van der Waals surface area contributed by atoms with E-state index in [2.05, 4.69) is 10.3 Å². The average Bonchev–Trinajstić information content (AvgIpc) is 3.36. The van der Waals surface area contributed by atoms with Crippen molar-refractivity contribution in [3.63, 3.8) is 0 Å². The van der Waals surface area contributed by atoms with E-state index in [1.54, 1.807) is 68.4 Å².